The molecule has 0 saturated heterocycles. The number of benzene rings is 1. The second-order valence-electron chi connectivity index (χ2n) is 3.93. The molecule has 3 heteroatoms. The fourth-order valence-electron chi connectivity index (χ4n) is 2.16. The Morgan fingerprint density at radius 1 is 1.33 bits per heavy atom. The molecule has 80 valence electrons. The first-order chi connectivity index (χ1) is 7.16. The van der Waals surface area contributed by atoms with Crippen LogP contribution in [0.1, 0.15) is 25.3 Å². The average Bonchev–Trinajstić information content (AvgIpc) is 2.52. The third kappa shape index (κ3) is 1.39. The Morgan fingerprint density at radius 2 is 2.00 bits per heavy atom. The van der Waals surface area contributed by atoms with Gasteiger partial charge in [0.25, 0.3) is 0 Å². The first-order valence-electron chi connectivity index (χ1n) is 5.13. The number of rotatable bonds is 0. The highest BCUT2D eigenvalue weighted by Gasteiger charge is 2.36. The van der Waals surface area contributed by atoms with E-state index in [9.17, 15) is 4.79 Å². The summed E-state index contributed by atoms with van der Waals surface area (Å²) in [5.41, 5.74) is 2.19. The van der Waals surface area contributed by atoms with Gasteiger partial charge in [-0.15, -0.1) is 0 Å². The van der Waals surface area contributed by atoms with Gasteiger partial charge in [0.1, 0.15) is 0 Å². The van der Waals surface area contributed by atoms with Crippen molar-refractivity contribution in [1.29, 1.82) is 0 Å². The van der Waals surface area contributed by atoms with Crippen LogP contribution in [0.4, 0.5) is 10.5 Å². The van der Waals surface area contributed by atoms with E-state index in [0.29, 0.717) is 5.92 Å². The third-order valence-corrected chi connectivity index (χ3v) is 3.19. The normalized spacial score (nSPS) is 23.8. The number of carbonyl (C=O) groups is 1. The van der Waals surface area contributed by atoms with Gasteiger partial charge in [-0.05, 0) is 18.6 Å². The molecule has 0 N–H and O–H groups in total. The summed E-state index contributed by atoms with van der Waals surface area (Å²) in [4.78, 5) is 13.4. The number of para-hydroxylation sites is 1. The van der Waals surface area contributed by atoms with Crippen molar-refractivity contribution in [3.63, 3.8) is 0 Å². The van der Waals surface area contributed by atoms with Crippen LogP contribution in [-0.4, -0.2) is 19.2 Å². The van der Waals surface area contributed by atoms with E-state index in [4.69, 9.17) is 4.74 Å². The summed E-state index contributed by atoms with van der Waals surface area (Å²) in [6.07, 6.45) is -0.278. The molecular formula is C12H15NO2. The zero-order chi connectivity index (χ0) is 11.0. The summed E-state index contributed by atoms with van der Waals surface area (Å²) in [5, 5.41) is 0. The van der Waals surface area contributed by atoms with Gasteiger partial charge in [0, 0.05) is 12.0 Å². The molecule has 1 amide bonds. The summed E-state index contributed by atoms with van der Waals surface area (Å²) < 4.78 is 4.80. The molecule has 15 heavy (non-hydrogen) atoms. The van der Waals surface area contributed by atoms with Gasteiger partial charge in [0.2, 0.25) is 0 Å². The molecule has 2 rings (SSSR count). The van der Waals surface area contributed by atoms with Crippen LogP contribution in [-0.2, 0) is 4.74 Å². The van der Waals surface area contributed by atoms with Gasteiger partial charge in [0.15, 0.2) is 0 Å². The lowest BCUT2D eigenvalue weighted by molar-refractivity contribution is 0.176. The Hall–Kier alpha value is -1.51. The molecule has 0 spiro atoms. The largest absolute Gasteiger partial charge is 0.452 e. The summed E-state index contributed by atoms with van der Waals surface area (Å²) in [6, 6.07) is 8.14. The second kappa shape index (κ2) is 3.57. The Labute approximate surface area is 89.7 Å². The third-order valence-electron chi connectivity index (χ3n) is 3.19. The van der Waals surface area contributed by atoms with E-state index in [2.05, 4.69) is 13.0 Å². The van der Waals surface area contributed by atoms with Crippen LogP contribution in [0.25, 0.3) is 0 Å². The minimum absolute atomic E-state index is 0.162. The lowest BCUT2D eigenvalue weighted by Gasteiger charge is -2.22. The number of fused-ring (bicyclic) bond motifs is 1. The second-order valence-corrected chi connectivity index (χ2v) is 3.93. The lowest BCUT2D eigenvalue weighted by Crippen LogP contribution is -2.36. The topological polar surface area (TPSA) is 29.5 Å². The fourth-order valence-corrected chi connectivity index (χ4v) is 2.16. The minimum Gasteiger partial charge on any atom is -0.452 e. The monoisotopic (exact) mass is 205 g/mol. The number of hydrogen-bond acceptors (Lipinski definition) is 2. The zero-order valence-electron chi connectivity index (χ0n) is 9.23. The van der Waals surface area contributed by atoms with Gasteiger partial charge in [-0.2, -0.15) is 0 Å². The van der Waals surface area contributed by atoms with Gasteiger partial charge in [0.05, 0.1) is 12.8 Å². The molecule has 0 unspecified atom stereocenters. The Kier molecular flexibility index (Phi) is 2.39. The minimum atomic E-state index is -0.278. The summed E-state index contributed by atoms with van der Waals surface area (Å²) in [6.45, 7) is 4.17. The van der Waals surface area contributed by atoms with Crippen LogP contribution in [0.3, 0.4) is 0 Å². The van der Waals surface area contributed by atoms with Gasteiger partial charge >= 0.3 is 6.09 Å². The van der Waals surface area contributed by atoms with Gasteiger partial charge in [-0.25, -0.2) is 4.79 Å². The molecule has 0 saturated carbocycles. The molecule has 1 aliphatic heterocycles. The molecule has 0 aliphatic carbocycles. The Balaban J connectivity index is 2.46. The van der Waals surface area contributed by atoms with E-state index in [1.54, 1.807) is 4.90 Å². The van der Waals surface area contributed by atoms with E-state index in [1.807, 2.05) is 25.1 Å². The van der Waals surface area contributed by atoms with Crippen molar-refractivity contribution in [2.24, 2.45) is 0 Å². The maximum Gasteiger partial charge on any atom is 0.414 e. The van der Waals surface area contributed by atoms with Crippen LogP contribution >= 0.6 is 0 Å². The maximum absolute atomic E-state index is 11.6. The van der Waals surface area contributed by atoms with Crippen LogP contribution in [0.15, 0.2) is 24.3 Å². The van der Waals surface area contributed by atoms with Crippen molar-refractivity contribution in [3.05, 3.63) is 29.8 Å². The van der Waals surface area contributed by atoms with E-state index in [-0.39, 0.29) is 12.1 Å². The molecule has 1 aromatic carbocycles. The van der Waals surface area contributed by atoms with Crippen LogP contribution in [0, 0.1) is 0 Å². The standard InChI is InChI=1S/C12H15NO2/c1-8-9(2)13(12(14)15-3)11-7-5-4-6-10(8)11/h4-9H,1-3H3/t8-,9-/m1/s1. The van der Waals surface area contributed by atoms with E-state index >= 15 is 0 Å². The van der Waals surface area contributed by atoms with E-state index in [0.717, 1.165) is 5.69 Å². The quantitative estimate of drug-likeness (QED) is 0.651. The summed E-state index contributed by atoms with van der Waals surface area (Å²) >= 11 is 0. The number of ether oxygens (including phenoxy) is 1. The summed E-state index contributed by atoms with van der Waals surface area (Å²) in [5.74, 6) is 0.361. The predicted octanol–water partition coefficient (Wildman–Crippen LogP) is 2.77. The Bertz CT molecular complexity index is 389. The molecular weight excluding hydrogens is 190 g/mol. The SMILES string of the molecule is COC(=O)N1c2ccccc2[C@H](C)[C@H]1C. The van der Waals surface area contributed by atoms with Crippen molar-refractivity contribution in [2.45, 2.75) is 25.8 Å². The van der Waals surface area contributed by atoms with Crippen molar-refractivity contribution >= 4 is 11.8 Å². The van der Waals surface area contributed by atoms with Crippen LogP contribution in [0.2, 0.25) is 0 Å². The molecule has 1 aliphatic rings. The highest BCUT2D eigenvalue weighted by Crippen LogP contribution is 2.40. The van der Waals surface area contributed by atoms with E-state index in [1.165, 1.54) is 12.7 Å². The highest BCUT2D eigenvalue weighted by molar-refractivity contribution is 5.91. The highest BCUT2D eigenvalue weighted by atomic mass is 16.5. The molecule has 1 heterocycles. The molecule has 0 fully saturated rings. The Morgan fingerprint density at radius 3 is 2.67 bits per heavy atom. The molecule has 0 radical (unpaired) electrons. The fraction of sp³-hybridized carbons (Fsp3) is 0.417. The maximum atomic E-state index is 11.6. The van der Waals surface area contributed by atoms with E-state index < -0.39 is 0 Å². The number of hydrogen-bond donors (Lipinski definition) is 0. The molecule has 0 aromatic heterocycles. The summed E-state index contributed by atoms with van der Waals surface area (Å²) in [7, 11) is 1.42. The number of carbonyl (C=O) groups excluding carboxylic acids is 1. The van der Waals surface area contributed by atoms with Gasteiger partial charge in [-0.1, -0.05) is 25.1 Å². The van der Waals surface area contributed by atoms with Crippen LogP contribution in [0.5, 0.6) is 0 Å². The molecule has 3 nitrogen and oxygen atoms in total. The lowest BCUT2D eigenvalue weighted by atomic mass is 9.99. The molecule has 2 atom stereocenters. The average molecular weight is 205 g/mol. The number of anilines is 1. The number of methoxy groups -OCH3 is 1. The van der Waals surface area contributed by atoms with Crippen LogP contribution < -0.4 is 4.90 Å². The molecule has 1 aromatic rings. The number of nitrogens with zero attached hydrogens (tertiary/aromatic N) is 1. The van der Waals surface area contributed by atoms with Crippen molar-refractivity contribution < 1.29 is 9.53 Å². The zero-order valence-corrected chi connectivity index (χ0v) is 9.23. The smallest absolute Gasteiger partial charge is 0.414 e. The van der Waals surface area contributed by atoms with Crippen molar-refractivity contribution in [3.8, 4) is 0 Å². The van der Waals surface area contributed by atoms with Gasteiger partial charge in [-0.3, -0.25) is 4.90 Å². The first kappa shape index (κ1) is 10.0. The molecule has 0 bridgehead atoms. The number of amides is 1. The van der Waals surface area contributed by atoms with Crippen molar-refractivity contribution in [2.75, 3.05) is 12.0 Å². The predicted molar refractivity (Wildman–Crippen MR) is 59.2 cm³/mol. The van der Waals surface area contributed by atoms with Gasteiger partial charge < -0.3 is 4.74 Å². The van der Waals surface area contributed by atoms with Crippen molar-refractivity contribution in [1.82, 2.24) is 0 Å². The first-order valence-corrected chi connectivity index (χ1v) is 5.13.